The van der Waals surface area contributed by atoms with Gasteiger partial charge in [-0.2, -0.15) is 0 Å². The first-order chi connectivity index (χ1) is 13.6. The van der Waals surface area contributed by atoms with Gasteiger partial charge in [-0.3, -0.25) is 14.0 Å². The fraction of sp³-hybridized carbons (Fsp3) is 0.619. The molecule has 0 radical (unpaired) electrons. The Morgan fingerprint density at radius 1 is 1.25 bits per heavy atom. The molecule has 1 aliphatic heterocycles. The van der Waals surface area contributed by atoms with Gasteiger partial charge in [0.15, 0.2) is 5.96 Å². The van der Waals surface area contributed by atoms with Crippen molar-refractivity contribution in [3.8, 4) is 0 Å². The SMILES string of the molecule is CCS(=O)C1CCCC(NC(=NC)NCc2ccc(N3CCCC3=O)cc2)C1. The maximum absolute atomic E-state index is 12.1. The summed E-state index contributed by atoms with van der Waals surface area (Å²) in [5, 5.41) is 7.17. The van der Waals surface area contributed by atoms with E-state index < -0.39 is 10.8 Å². The predicted octanol–water partition coefficient (Wildman–Crippen LogP) is 2.56. The minimum atomic E-state index is -0.719. The number of carbonyl (C=O) groups is 1. The smallest absolute Gasteiger partial charge is 0.227 e. The second-order valence-corrected chi connectivity index (χ2v) is 9.55. The van der Waals surface area contributed by atoms with Crippen molar-refractivity contribution in [1.82, 2.24) is 10.6 Å². The van der Waals surface area contributed by atoms with E-state index in [0.717, 1.165) is 61.6 Å². The van der Waals surface area contributed by atoms with Crippen LogP contribution in [0.5, 0.6) is 0 Å². The third-order valence-electron chi connectivity index (χ3n) is 5.63. The molecule has 28 heavy (non-hydrogen) atoms. The fourth-order valence-corrected chi connectivity index (χ4v) is 5.39. The maximum Gasteiger partial charge on any atom is 0.227 e. The Hall–Kier alpha value is -1.89. The lowest BCUT2D eigenvalue weighted by molar-refractivity contribution is -0.117. The molecule has 154 valence electrons. The predicted molar refractivity (Wildman–Crippen MR) is 116 cm³/mol. The molecule has 1 aromatic rings. The molecule has 7 heteroatoms. The number of guanidine groups is 1. The molecule has 2 aliphatic rings. The molecule has 0 aromatic heterocycles. The molecule has 6 nitrogen and oxygen atoms in total. The summed E-state index contributed by atoms with van der Waals surface area (Å²) in [6.07, 6.45) is 5.81. The average molecular weight is 405 g/mol. The van der Waals surface area contributed by atoms with Crippen LogP contribution in [0, 0.1) is 0 Å². The van der Waals surface area contributed by atoms with Crippen LogP contribution in [0.2, 0.25) is 0 Å². The van der Waals surface area contributed by atoms with Crippen LogP contribution in [-0.2, 0) is 22.1 Å². The molecule has 1 aliphatic carbocycles. The standard InChI is InChI=1S/C21H32N4O2S/c1-3-28(27)19-7-4-6-17(14-19)24-21(22-2)23-15-16-9-11-18(12-10-16)25-13-5-8-20(25)26/h9-12,17,19H,3-8,13-15H2,1-2H3,(H2,22,23,24). The van der Waals surface area contributed by atoms with Crippen LogP contribution in [0.25, 0.3) is 0 Å². The van der Waals surface area contributed by atoms with E-state index in [1.54, 1.807) is 7.05 Å². The van der Waals surface area contributed by atoms with Gasteiger partial charge >= 0.3 is 0 Å². The first-order valence-corrected chi connectivity index (χ1v) is 11.7. The Balaban J connectivity index is 1.50. The van der Waals surface area contributed by atoms with Crippen LogP contribution in [0.3, 0.4) is 0 Å². The Morgan fingerprint density at radius 2 is 2.04 bits per heavy atom. The first-order valence-electron chi connectivity index (χ1n) is 10.3. The molecule has 1 heterocycles. The molecule has 1 saturated heterocycles. The van der Waals surface area contributed by atoms with E-state index in [9.17, 15) is 9.00 Å². The lowest BCUT2D eigenvalue weighted by Gasteiger charge is -2.30. The number of anilines is 1. The van der Waals surface area contributed by atoms with Crippen LogP contribution < -0.4 is 15.5 Å². The van der Waals surface area contributed by atoms with Crippen LogP contribution in [0.1, 0.15) is 51.0 Å². The summed E-state index contributed by atoms with van der Waals surface area (Å²) in [5.41, 5.74) is 2.12. The largest absolute Gasteiger partial charge is 0.354 e. The molecule has 2 N–H and O–H groups in total. The zero-order valence-electron chi connectivity index (χ0n) is 16.9. The highest BCUT2D eigenvalue weighted by molar-refractivity contribution is 7.85. The number of carbonyl (C=O) groups excluding carboxylic acids is 1. The first kappa shape index (κ1) is 20.8. The van der Waals surface area contributed by atoms with Gasteiger partial charge in [0.25, 0.3) is 0 Å². The van der Waals surface area contributed by atoms with Crippen molar-refractivity contribution in [3.63, 3.8) is 0 Å². The van der Waals surface area contributed by atoms with Gasteiger partial charge in [0, 0.05) is 60.1 Å². The van der Waals surface area contributed by atoms with Gasteiger partial charge in [-0.15, -0.1) is 0 Å². The van der Waals surface area contributed by atoms with Crippen molar-refractivity contribution < 1.29 is 9.00 Å². The van der Waals surface area contributed by atoms with Gasteiger partial charge in [0.05, 0.1) is 0 Å². The minimum absolute atomic E-state index is 0.213. The normalized spacial score (nSPS) is 24.3. The summed E-state index contributed by atoms with van der Waals surface area (Å²) >= 11 is 0. The molecule has 1 aromatic carbocycles. The van der Waals surface area contributed by atoms with Crippen LogP contribution in [-0.4, -0.2) is 46.7 Å². The second kappa shape index (κ2) is 10.0. The molecule has 3 unspecified atom stereocenters. The van der Waals surface area contributed by atoms with Crippen molar-refractivity contribution in [2.45, 2.75) is 63.3 Å². The molecule has 3 rings (SSSR count). The summed E-state index contributed by atoms with van der Waals surface area (Å²) in [7, 11) is 1.06. The van der Waals surface area contributed by atoms with E-state index in [0.29, 0.717) is 24.3 Å². The lowest BCUT2D eigenvalue weighted by Crippen LogP contribution is -2.46. The molecular formula is C21H32N4O2S. The van der Waals surface area contributed by atoms with Crippen molar-refractivity contribution in [2.75, 3.05) is 24.2 Å². The lowest BCUT2D eigenvalue weighted by atomic mass is 9.95. The van der Waals surface area contributed by atoms with Gasteiger partial charge in [-0.05, 0) is 43.4 Å². The van der Waals surface area contributed by atoms with Crippen LogP contribution in [0.15, 0.2) is 29.3 Å². The van der Waals surface area contributed by atoms with Crippen molar-refractivity contribution >= 4 is 28.4 Å². The number of hydrogen-bond acceptors (Lipinski definition) is 3. The summed E-state index contributed by atoms with van der Waals surface area (Å²) in [6.45, 7) is 3.49. The highest BCUT2D eigenvalue weighted by Gasteiger charge is 2.26. The average Bonchev–Trinajstić information content (AvgIpc) is 3.17. The number of aliphatic imine (C=N–C) groups is 1. The third kappa shape index (κ3) is 5.34. The maximum atomic E-state index is 12.1. The number of benzene rings is 1. The van der Waals surface area contributed by atoms with E-state index >= 15 is 0 Å². The molecule has 3 atom stereocenters. The van der Waals surface area contributed by atoms with Crippen molar-refractivity contribution in [1.29, 1.82) is 0 Å². The van der Waals surface area contributed by atoms with E-state index in [4.69, 9.17) is 0 Å². The van der Waals surface area contributed by atoms with E-state index in [-0.39, 0.29) is 5.91 Å². The third-order valence-corrected chi connectivity index (χ3v) is 7.37. The fourth-order valence-electron chi connectivity index (χ4n) is 4.04. The van der Waals surface area contributed by atoms with Crippen molar-refractivity contribution in [2.24, 2.45) is 4.99 Å². The Morgan fingerprint density at radius 3 is 2.68 bits per heavy atom. The quantitative estimate of drug-likeness (QED) is 0.565. The van der Waals surface area contributed by atoms with Crippen LogP contribution in [0.4, 0.5) is 5.69 Å². The zero-order valence-corrected chi connectivity index (χ0v) is 17.8. The molecule has 0 spiro atoms. The number of nitrogens with zero attached hydrogens (tertiary/aromatic N) is 2. The van der Waals surface area contributed by atoms with Crippen molar-refractivity contribution in [3.05, 3.63) is 29.8 Å². The Bertz CT molecular complexity index is 720. The number of hydrogen-bond donors (Lipinski definition) is 2. The van der Waals surface area contributed by atoms with E-state index in [1.807, 2.05) is 24.0 Å². The van der Waals surface area contributed by atoms with Gasteiger partial charge in [0.1, 0.15) is 0 Å². The molecule has 1 amide bonds. The number of nitrogens with one attached hydrogen (secondary N) is 2. The zero-order chi connectivity index (χ0) is 19.9. The highest BCUT2D eigenvalue weighted by Crippen LogP contribution is 2.23. The topological polar surface area (TPSA) is 73.8 Å². The van der Waals surface area contributed by atoms with Crippen LogP contribution >= 0.6 is 0 Å². The molecule has 2 fully saturated rings. The van der Waals surface area contributed by atoms with Gasteiger partial charge in [-0.1, -0.05) is 25.5 Å². The summed E-state index contributed by atoms with van der Waals surface area (Å²) in [6, 6.07) is 8.47. The van der Waals surface area contributed by atoms with Gasteiger partial charge in [0.2, 0.25) is 5.91 Å². The van der Waals surface area contributed by atoms with Gasteiger partial charge < -0.3 is 15.5 Å². The second-order valence-electron chi connectivity index (χ2n) is 7.54. The summed E-state index contributed by atoms with van der Waals surface area (Å²) in [5.74, 6) is 1.74. The molecular weight excluding hydrogens is 372 g/mol. The summed E-state index contributed by atoms with van der Waals surface area (Å²) < 4.78 is 12.1. The highest BCUT2D eigenvalue weighted by atomic mass is 32.2. The summed E-state index contributed by atoms with van der Waals surface area (Å²) in [4.78, 5) is 18.1. The molecule has 0 bridgehead atoms. The number of rotatable bonds is 6. The number of amides is 1. The monoisotopic (exact) mass is 404 g/mol. The Kier molecular flexibility index (Phi) is 7.48. The van der Waals surface area contributed by atoms with E-state index in [1.165, 1.54) is 0 Å². The molecule has 1 saturated carbocycles. The van der Waals surface area contributed by atoms with Gasteiger partial charge in [-0.25, -0.2) is 0 Å². The minimum Gasteiger partial charge on any atom is -0.354 e. The van der Waals surface area contributed by atoms with E-state index in [2.05, 4.69) is 27.8 Å². The Labute approximate surface area is 170 Å².